The van der Waals surface area contributed by atoms with Gasteiger partial charge in [0.2, 0.25) is 0 Å². The van der Waals surface area contributed by atoms with E-state index in [1.54, 1.807) is 7.11 Å². The molecule has 1 aromatic heterocycles. The van der Waals surface area contributed by atoms with E-state index in [-0.39, 0.29) is 0 Å². The van der Waals surface area contributed by atoms with Crippen LogP contribution in [0.2, 0.25) is 0 Å². The molecule has 0 aliphatic carbocycles. The molecule has 1 saturated heterocycles. The normalized spacial score (nSPS) is 20.4. The van der Waals surface area contributed by atoms with Gasteiger partial charge in [0.05, 0.1) is 6.10 Å². The molecule has 4 nitrogen and oxygen atoms in total. The predicted octanol–water partition coefficient (Wildman–Crippen LogP) is 1.19. The summed E-state index contributed by atoms with van der Waals surface area (Å²) in [6.07, 6.45) is 6.28. The van der Waals surface area contributed by atoms with Gasteiger partial charge in [-0.1, -0.05) is 0 Å². The number of piperidine rings is 1. The zero-order valence-electron chi connectivity index (χ0n) is 10.4. The Bertz CT molecular complexity index is 323. The van der Waals surface area contributed by atoms with Crippen LogP contribution in [0, 0.1) is 0 Å². The molecule has 0 bridgehead atoms. The van der Waals surface area contributed by atoms with Gasteiger partial charge >= 0.3 is 0 Å². The summed E-state index contributed by atoms with van der Waals surface area (Å²) in [5.41, 5.74) is 7.17. The maximum absolute atomic E-state index is 5.91. The highest BCUT2D eigenvalue weighted by molar-refractivity contribution is 5.15. The van der Waals surface area contributed by atoms with Gasteiger partial charge in [0.1, 0.15) is 0 Å². The van der Waals surface area contributed by atoms with E-state index in [2.05, 4.69) is 22.0 Å². The topological polar surface area (TPSA) is 51.4 Å². The van der Waals surface area contributed by atoms with Crippen molar-refractivity contribution in [1.29, 1.82) is 0 Å². The van der Waals surface area contributed by atoms with Gasteiger partial charge in [-0.3, -0.25) is 9.88 Å². The zero-order valence-corrected chi connectivity index (χ0v) is 10.4. The number of pyridine rings is 1. The van der Waals surface area contributed by atoms with Crippen LogP contribution in [0.5, 0.6) is 0 Å². The van der Waals surface area contributed by atoms with Gasteiger partial charge in [0, 0.05) is 45.2 Å². The first-order chi connectivity index (χ1) is 8.35. The van der Waals surface area contributed by atoms with Crippen molar-refractivity contribution in [2.75, 3.05) is 26.7 Å². The molecule has 0 aromatic carbocycles. The number of ether oxygens (including phenoxy) is 1. The molecule has 2 N–H and O–H groups in total. The maximum atomic E-state index is 5.91. The maximum Gasteiger partial charge on any atom is 0.0595 e. The van der Waals surface area contributed by atoms with Crippen LogP contribution in [-0.2, 0) is 4.74 Å². The van der Waals surface area contributed by atoms with Crippen LogP contribution in [0.25, 0.3) is 0 Å². The summed E-state index contributed by atoms with van der Waals surface area (Å²) >= 11 is 0. The Morgan fingerprint density at radius 3 is 2.59 bits per heavy atom. The molecule has 2 heterocycles. The van der Waals surface area contributed by atoms with Crippen molar-refractivity contribution in [2.24, 2.45) is 5.73 Å². The first-order valence-corrected chi connectivity index (χ1v) is 6.22. The molecule has 4 heteroatoms. The molecule has 1 aliphatic rings. The second kappa shape index (κ2) is 6.10. The number of aromatic nitrogens is 1. The van der Waals surface area contributed by atoms with Crippen molar-refractivity contribution in [3.8, 4) is 0 Å². The molecule has 1 aromatic rings. The Balaban J connectivity index is 2.00. The third kappa shape index (κ3) is 3.03. The molecule has 0 spiro atoms. The van der Waals surface area contributed by atoms with E-state index < -0.39 is 0 Å². The van der Waals surface area contributed by atoms with Crippen LogP contribution < -0.4 is 5.73 Å². The second-order valence-corrected chi connectivity index (χ2v) is 4.50. The molecule has 0 radical (unpaired) electrons. The third-order valence-electron chi connectivity index (χ3n) is 3.56. The van der Waals surface area contributed by atoms with Crippen molar-refractivity contribution in [3.05, 3.63) is 30.1 Å². The molecule has 1 fully saturated rings. The lowest BCUT2D eigenvalue weighted by atomic mass is 10.0. The highest BCUT2D eigenvalue weighted by atomic mass is 16.5. The fraction of sp³-hybridized carbons (Fsp3) is 0.615. The number of hydrogen-bond donors (Lipinski definition) is 1. The van der Waals surface area contributed by atoms with E-state index in [0.29, 0.717) is 18.7 Å². The van der Waals surface area contributed by atoms with Crippen LogP contribution in [-0.4, -0.2) is 42.7 Å². The van der Waals surface area contributed by atoms with Crippen molar-refractivity contribution < 1.29 is 4.74 Å². The van der Waals surface area contributed by atoms with Crippen LogP contribution in [0.3, 0.4) is 0 Å². The molecular weight excluding hydrogens is 214 g/mol. The molecule has 1 atom stereocenters. The summed E-state index contributed by atoms with van der Waals surface area (Å²) in [6.45, 7) is 2.77. The van der Waals surface area contributed by atoms with Gasteiger partial charge in [0.15, 0.2) is 0 Å². The van der Waals surface area contributed by atoms with Crippen molar-refractivity contribution in [2.45, 2.75) is 25.0 Å². The fourth-order valence-electron chi connectivity index (χ4n) is 2.50. The van der Waals surface area contributed by atoms with Crippen molar-refractivity contribution in [1.82, 2.24) is 9.88 Å². The summed E-state index contributed by atoms with van der Waals surface area (Å²) in [4.78, 5) is 6.50. The Morgan fingerprint density at radius 1 is 1.41 bits per heavy atom. The van der Waals surface area contributed by atoms with Gasteiger partial charge in [-0.2, -0.15) is 0 Å². The average Bonchev–Trinajstić information content (AvgIpc) is 2.42. The van der Waals surface area contributed by atoms with Gasteiger partial charge in [0.25, 0.3) is 0 Å². The minimum atomic E-state index is 0.316. The number of rotatable bonds is 4. The van der Waals surface area contributed by atoms with Crippen molar-refractivity contribution in [3.63, 3.8) is 0 Å². The van der Waals surface area contributed by atoms with Gasteiger partial charge < -0.3 is 10.5 Å². The molecule has 0 amide bonds. The number of likely N-dealkylation sites (tertiary alicyclic amines) is 1. The van der Waals surface area contributed by atoms with Crippen LogP contribution in [0.1, 0.15) is 24.4 Å². The Labute approximate surface area is 103 Å². The summed E-state index contributed by atoms with van der Waals surface area (Å²) in [6, 6.07) is 4.43. The first-order valence-electron chi connectivity index (χ1n) is 6.22. The van der Waals surface area contributed by atoms with Crippen molar-refractivity contribution >= 4 is 0 Å². The van der Waals surface area contributed by atoms with E-state index in [0.717, 1.165) is 25.9 Å². The Morgan fingerprint density at radius 2 is 2.06 bits per heavy atom. The van der Waals surface area contributed by atoms with Gasteiger partial charge in [-0.25, -0.2) is 0 Å². The SMILES string of the molecule is COC1CCN(C(CN)c2ccncc2)CC1. The van der Waals surface area contributed by atoms with Crippen LogP contribution >= 0.6 is 0 Å². The Kier molecular flexibility index (Phi) is 4.48. The largest absolute Gasteiger partial charge is 0.381 e. The molecule has 1 aliphatic heterocycles. The molecule has 17 heavy (non-hydrogen) atoms. The number of methoxy groups -OCH3 is 1. The smallest absolute Gasteiger partial charge is 0.0595 e. The van der Waals surface area contributed by atoms with E-state index in [1.807, 2.05) is 12.4 Å². The highest BCUT2D eigenvalue weighted by Gasteiger charge is 2.24. The first kappa shape index (κ1) is 12.5. The lowest BCUT2D eigenvalue weighted by molar-refractivity contribution is 0.0280. The van der Waals surface area contributed by atoms with E-state index in [4.69, 9.17) is 10.5 Å². The summed E-state index contributed by atoms with van der Waals surface area (Å²) in [5.74, 6) is 0. The third-order valence-corrected chi connectivity index (χ3v) is 3.56. The van der Waals surface area contributed by atoms with Gasteiger partial charge in [-0.05, 0) is 30.5 Å². The predicted molar refractivity (Wildman–Crippen MR) is 67.6 cm³/mol. The standard InChI is InChI=1S/C13H21N3O/c1-17-12-4-8-16(9-5-12)13(10-14)11-2-6-15-7-3-11/h2-3,6-7,12-13H,4-5,8-10,14H2,1H3. The lowest BCUT2D eigenvalue weighted by Crippen LogP contribution is -2.41. The quantitative estimate of drug-likeness (QED) is 0.852. The monoisotopic (exact) mass is 235 g/mol. The molecule has 0 saturated carbocycles. The Hall–Kier alpha value is -0.970. The average molecular weight is 235 g/mol. The molecule has 1 unspecified atom stereocenters. The van der Waals surface area contributed by atoms with Crippen LogP contribution in [0.4, 0.5) is 0 Å². The summed E-state index contributed by atoms with van der Waals surface area (Å²) in [7, 11) is 1.80. The highest BCUT2D eigenvalue weighted by Crippen LogP contribution is 2.24. The summed E-state index contributed by atoms with van der Waals surface area (Å²) in [5, 5.41) is 0. The second-order valence-electron chi connectivity index (χ2n) is 4.50. The van der Waals surface area contributed by atoms with Gasteiger partial charge in [-0.15, -0.1) is 0 Å². The van der Waals surface area contributed by atoms with E-state index >= 15 is 0 Å². The number of nitrogens with two attached hydrogens (primary N) is 1. The number of hydrogen-bond acceptors (Lipinski definition) is 4. The van der Waals surface area contributed by atoms with E-state index in [9.17, 15) is 0 Å². The fourth-order valence-corrected chi connectivity index (χ4v) is 2.50. The molecule has 2 rings (SSSR count). The molecular formula is C13H21N3O. The minimum Gasteiger partial charge on any atom is -0.381 e. The summed E-state index contributed by atoms with van der Waals surface area (Å²) < 4.78 is 5.39. The lowest BCUT2D eigenvalue weighted by Gasteiger charge is -2.36. The zero-order chi connectivity index (χ0) is 12.1. The molecule has 94 valence electrons. The minimum absolute atomic E-state index is 0.316. The number of nitrogens with zero attached hydrogens (tertiary/aromatic N) is 2. The van der Waals surface area contributed by atoms with Crippen LogP contribution in [0.15, 0.2) is 24.5 Å². The van der Waals surface area contributed by atoms with E-state index in [1.165, 1.54) is 5.56 Å².